The van der Waals surface area contributed by atoms with E-state index in [-0.39, 0.29) is 0 Å². The van der Waals surface area contributed by atoms with Crippen molar-refractivity contribution in [3.8, 4) is 5.75 Å². The van der Waals surface area contributed by atoms with Crippen LogP contribution in [0.2, 0.25) is 0 Å². The van der Waals surface area contributed by atoms with Gasteiger partial charge in [-0.05, 0) is 44.5 Å². The summed E-state index contributed by atoms with van der Waals surface area (Å²) in [7, 11) is 0. The van der Waals surface area contributed by atoms with Crippen LogP contribution in [0.5, 0.6) is 5.75 Å². The molecule has 0 radical (unpaired) electrons. The predicted molar refractivity (Wildman–Crippen MR) is 77.2 cm³/mol. The molecule has 4 nitrogen and oxygen atoms in total. The Bertz CT molecular complexity index is 518. The van der Waals surface area contributed by atoms with Gasteiger partial charge in [0.05, 0.1) is 0 Å². The molecule has 0 unspecified atom stereocenters. The summed E-state index contributed by atoms with van der Waals surface area (Å²) in [6.45, 7) is 8.74. The molecule has 0 bridgehead atoms. The van der Waals surface area contributed by atoms with Crippen LogP contribution < -0.4 is 4.74 Å². The molecule has 0 saturated carbocycles. The van der Waals surface area contributed by atoms with Crippen LogP contribution in [0.3, 0.4) is 0 Å². The van der Waals surface area contributed by atoms with Crippen molar-refractivity contribution >= 4 is 18.0 Å². The van der Waals surface area contributed by atoms with Gasteiger partial charge >= 0.3 is 11.9 Å². The smallest absolute Gasteiger partial charge is 0.335 e. The Morgan fingerprint density at radius 3 is 2.20 bits per heavy atom. The highest BCUT2D eigenvalue weighted by atomic mass is 16.6. The normalized spacial score (nSPS) is 11.2. The molecule has 106 valence electrons. The second kappa shape index (κ2) is 6.70. The highest BCUT2D eigenvalue weighted by molar-refractivity contribution is 5.87. The zero-order chi connectivity index (χ0) is 15.2. The summed E-state index contributed by atoms with van der Waals surface area (Å²) >= 11 is 0. The Labute approximate surface area is 118 Å². The molecule has 0 aliphatic heterocycles. The van der Waals surface area contributed by atoms with Crippen molar-refractivity contribution in [2.45, 2.75) is 26.4 Å². The first-order valence-corrected chi connectivity index (χ1v) is 6.15. The fourth-order valence-electron chi connectivity index (χ4n) is 1.30. The summed E-state index contributed by atoms with van der Waals surface area (Å²) in [5, 5.41) is 0. The number of hydrogen-bond donors (Lipinski definition) is 0. The van der Waals surface area contributed by atoms with E-state index in [0.29, 0.717) is 5.75 Å². The van der Waals surface area contributed by atoms with Gasteiger partial charge in [-0.15, -0.1) is 0 Å². The molecule has 0 aliphatic carbocycles. The number of benzene rings is 1. The third kappa shape index (κ3) is 6.00. The van der Waals surface area contributed by atoms with E-state index in [4.69, 9.17) is 9.47 Å². The minimum Gasteiger partial charge on any atom is -0.457 e. The molecule has 0 aromatic heterocycles. The van der Waals surface area contributed by atoms with Crippen LogP contribution in [-0.2, 0) is 14.3 Å². The van der Waals surface area contributed by atoms with E-state index in [1.165, 1.54) is 6.08 Å². The van der Waals surface area contributed by atoms with Crippen molar-refractivity contribution in [2.75, 3.05) is 0 Å². The van der Waals surface area contributed by atoms with E-state index in [0.717, 1.165) is 11.6 Å². The number of carbonyl (C=O) groups excluding carboxylic acids is 2. The quantitative estimate of drug-likeness (QED) is 0.481. The monoisotopic (exact) mass is 274 g/mol. The Kier molecular flexibility index (Phi) is 5.26. The molecule has 0 N–H and O–H groups in total. The molecule has 0 saturated heterocycles. The summed E-state index contributed by atoms with van der Waals surface area (Å²) in [5.74, 6) is -0.494. The lowest BCUT2D eigenvalue weighted by Gasteiger charge is -2.17. The van der Waals surface area contributed by atoms with Crippen LogP contribution in [0.15, 0.2) is 43.0 Å². The number of hydrogen-bond acceptors (Lipinski definition) is 4. The third-order valence-corrected chi connectivity index (χ3v) is 2.08. The minimum absolute atomic E-state index is 0.403. The van der Waals surface area contributed by atoms with Gasteiger partial charge in [-0.2, -0.15) is 0 Å². The zero-order valence-corrected chi connectivity index (χ0v) is 11.9. The molecular weight excluding hydrogens is 256 g/mol. The third-order valence-electron chi connectivity index (χ3n) is 2.08. The summed E-state index contributed by atoms with van der Waals surface area (Å²) in [4.78, 5) is 22.5. The summed E-state index contributed by atoms with van der Waals surface area (Å²) in [6, 6.07) is 6.73. The molecule has 0 fully saturated rings. The molecular formula is C16H18O4. The predicted octanol–water partition coefficient (Wildman–Crippen LogP) is 3.13. The van der Waals surface area contributed by atoms with E-state index in [1.807, 2.05) is 20.8 Å². The summed E-state index contributed by atoms with van der Waals surface area (Å²) in [5.41, 5.74) is 0.290. The van der Waals surface area contributed by atoms with Crippen molar-refractivity contribution in [3.05, 3.63) is 48.6 Å². The van der Waals surface area contributed by atoms with Gasteiger partial charge in [-0.25, -0.2) is 9.59 Å². The molecule has 0 atom stereocenters. The van der Waals surface area contributed by atoms with Gasteiger partial charge < -0.3 is 9.47 Å². The Morgan fingerprint density at radius 1 is 1.10 bits per heavy atom. The molecule has 4 heteroatoms. The van der Waals surface area contributed by atoms with E-state index >= 15 is 0 Å². The highest BCUT2D eigenvalue weighted by Gasteiger charge is 2.13. The lowest BCUT2D eigenvalue weighted by atomic mass is 10.2. The van der Waals surface area contributed by atoms with Crippen LogP contribution in [-0.4, -0.2) is 17.5 Å². The van der Waals surface area contributed by atoms with E-state index in [2.05, 4.69) is 6.58 Å². The van der Waals surface area contributed by atoms with Gasteiger partial charge in [0.2, 0.25) is 0 Å². The Morgan fingerprint density at radius 2 is 1.70 bits per heavy atom. The fourth-order valence-corrected chi connectivity index (χ4v) is 1.30. The number of carbonyl (C=O) groups is 2. The van der Waals surface area contributed by atoms with E-state index in [9.17, 15) is 9.59 Å². The first kappa shape index (κ1) is 15.7. The SMILES string of the molecule is C=CC(=O)Oc1ccc(/C=C/C(=O)OC(C)(C)C)cc1. The minimum atomic E-state index is -0.512. The van der Waals surface area contributed by atoms with Crippen LogP contribution in [0.1, 0.15) is 26.3 Å². The molecule has 0 heterocycles. The number of rotatable bonds is 4. The van der Waals surface area contributed by atoms with Gasteiger partial charge in [0.25, 0.3) is 0 Å². The summed E-state index contributed by atoms with van der Waals surface area (Å²) in [6.07, 6.45) is 4.08. The maximum atomic E-state index is 11.5. The van der Waals surface area contributed by atoms with E-state index < -0.39 is 17.5 Å². The maximum absolute atomic E-state index is 11.5. The van der Waals surface area contributed by atoms with Crippen molar-refractivity contribution in [2.24, 2.45) is 0 Å². The van der Waals surface area contributed by atoms with Crippen LogP contribution >= 0.6 is 0 Å². The van der Waals surface area contributed by atoms with Crippen molar-refractivity contribution in [1.29, 1.82) is 0 Å². The van der Waals surface area contributed by atoms with Crippen molar-refractivity contribution < 1.29 is 19.1 Å². The van der Waals surface area contributed by atoms with Crippen molar-refractivity contribution in [1.82, 2.24) is 0 Å². The van der Waals surface area contributed by atoms with Crippen LogP contribution in [0, 0.1) is 0 Å². The zero-order valence-electron chi connectivity index (χ0n) is 11.9. The fraction of sp³-hybridized carbons (Fsp3) is 0.250. The Hall–Kier alpha value is -2.36. The van der Waals surface area contributed by atoms with Crippen LogP contribution in [0.4, 0.5) is 0 Å². The van der Waals surface area contributed by atoms with Crippen LogP contribution in [0.25, 0.3) is 6.08 Å². The highest BCUT2D eigenvalue weighted by Crippen LogP contribution is 2.14. The number of ether oxygens (including phenoxy) is 2. The van der Waals surface area contributed by atoms with Gasteiger partial charge in [0.1, 0.15) is 11.4 Å². The Balaban J connectivity index is 2.63. The largest absolute Gasteiger partial charge is 0.457 e. The molecule has 0 amide bonds. The molecule has 0 spiro atoms. The maximum Gasteiger partial charge on any atom is 0.335 e. The lowest BCUT2D eigenvalue weighted by Crippen LogP contribution is -2.22. The van der Waals surface area contributed by atoms with Gasteiger partial charge in [0, 0.05) is 12.2 Å². The first-order chi connectivity index (χ1) is 9.30. The average molecular weight is 274 g/mol. The topological polar surface area (TPSA) is 52.6 Å². The standard InChI is InChI=1S/C16H18O4/c1-5-14(17)19-13-9-6-12(7-10-13)8-11-15(18)20-16(2,3)4/h5-11H,1H2,2-4H3/b11-8+. The molecule has 1 aromatic carbocycles. The average Bonchev–Trinajstić information content (AvgIpc) is 2.36. The molecule has 1 rings (SSSR count). The lowest BCUT2D eigenvalue weighted by molar-refractivity contribution is -0.148. The van der Waals surface area contributed by atoms with Gasteiger partial charge in [-0.1, -0.05) is 18.7 Å². The molecule has 20 heavy (non-hydrogen) atoms. The number of esters is 2. The first-order valence-electron chi connectivity index (χ1n) is 6.15. The molecule has 1 aromatic rings. The van der Waals surface area contributed by atoms with Gasteiger partial charge in [0.15, 0.2) is 0 Å². The van der Waals surface area contributed by atoms with Crippen molar-refractivity contribution in [3.63, 3.8) is 0 Å². The van der Waals surface area contributed by atoms with Gasteiger partial charge in [-0.3, -0.25) is 0 Å². The summed E-state index contributed by atoms with van der Waals surface area (Å²) < 4.78 is 10.1. The second-order valence-electron chi connectivity index (χ2n) is 5.06. The second-order valence-corrected chi connectivity index (χ2v) is 5.06. The molecule has 0 aliphatic rings. The van der Waals surface area contributed by atoms with E-state index in [1.54, 1.807) is 30.3 Å².